The normalized spacial score (nSPS) is 10.9. The van der Waals surface area contributed by atoms with Crippen molar-refractivity contribution in [2.45, 2.75) is 13.8 Å². The van der Waals surface area contributed by atoms with Crippen LogP contribution in [-0.2, 0) is 0 Å². The number of hydrogen-bond acceptors (Lipinski definition) is 6. The molecule has 0 spiro atoms. The first-order chi connectivity index (χ1) is 16.1. The summed E-state index contributed by atoms with van der Waals surface area (Å²) in [6, 6.07) is 15.9. The van der Waals surface area contributed by atoms with E-state index in [0.29, 0.717) is 0 Å². The number of aryl methyl sites for hydroxylation is 2. The van der Waals surface area contributed by atoms with Gasteiger partial charge in [0.1, 0.15) is 15.0 Å². The highest BCUT2D eigenvalue weighted by atomic mass is 127. The average molecular weight is 546 g/mol. The van der Waals surface area contributed by atoms with Gasteiger partial charge in [-0.25, -0.2) is 9.97 Å². The van der Waals surface area contributed by atoms with Crippen molar-refractivity contribution in [3.05, 3.63) is 94.6 Å². The van der Waals surface area contributed by atoms with Crippen LogP contribution in [0.25, 0.3) is 33.8 Å². The molecule has 0 bridgehead atoms. The van der Waals surface area contributed by atoms with Crippen molar-refractivity contribution >= 4 is 33.9 Å². The Hall–Kier alpha value is -3.73. The molecule has 0 amide bonds. The summed E-state index contributed by atoms with van der Waals surface area (Å²) in [5.74, 6) is 0. The largest absolute Gasteiger partial charge is 0.307 e. The molecule has 0 radical (unpaired) electrons. The van der Waals surface area contributed by atoms with Crippen LogP contribution in [0.2, 0.25) is 0 Å². The van der Waals surface area contributed by atoms with Crippen molar-refractivity contribution in [2.24, 2.45) is 0 Å². The van der Waals surface area contributed by atoms with Gasteiger partial charge < -0.3 is 4.40 Å². The van der Waals surface area contributed by atoms with Gasteiger partial charge in [0.15, 0.2) is 0 Å². The molecule has 0 saturated carbocycles. The van der Waals surface area contributed by atoms with Crippen LogP contribution in [-0.4, -0.2) is 39.2 Å². The van der Waals surface area contributed by atoms with E-state index in [1.165, 1.54) is 0 Å². The first-order valence-electron chi connectivity index (χ1n) is 10.2. The molecule has 0 N–H and O–H groups in total. The minimum Gasteiger partial charge on any atom is -0.307 e. The van der Waals surface area contributed by atoms with Crippen molar-refractivity contribution in [1.29, 1.82) is 0 Å². The van der Waals surface area contributed by atoms with Gasteiger partial charge in [0.2, 0.25) is 0 Å². The maximum Gasteiger partial charge on any atom is 0.138 e. The summed E-state index contributed by atoms with van der Waals surface area (Å²) in [6.07, 6.45) is 9.51. The molecule has 0 aromatic carbocycles. The third-order valence-corrected chi connectivity index (χ3v) is 5.85. The average Bonchev–Trinajstić information content (AvgIpc) is 3.46. The fraction of sp³-hybridized carbons (Fsp3) is 0.0833. The lowest BCUT2D eigenvalue weighted by molar-refractivity contribution is 0.986. The standard InChI is InChI=1S/C12H9IN4.C12H10N4/c1-8-2-3-10(16-15-8)9-4-5-17-11(13)7-14-12(17)6-9;1-9-2-3-11(15-14-9)10-4-6-16-7-5-13-12(16)8-10/h2-7H,1H3;2-8H,1H3. The molecule has 0 fully saturated rings. The number of pyridine rings is 2. The van der Waals surface area contributed by atoms with Crippen molar-refractivity contribution in [3.8, 4) is 22.5 Å². The summed E-state index contributed by atoms with van der Waals surface area (Å²) < 4.78 is 5.09. The first-order valence-corrected chi connectivity index (χ1v) is 11.3. The lowest BCUT2D eigenvalue weighted by Gasteiger charge is -2.01. The summed E-state index contributed by atoms with van der Waals surface area (Å²) in [4.78, 5) is 8.57. The lowest BCUT2D eigenvalue weighted by Crippen LogP contribution is -1.92. The van der Waals surface area contributed by atoms with E-state index in [1.807, 2.05) is 96.0 Å². The molecule has 0 aliphatic rings. The molecule has 9 heteroatoms. The van der Waals surface area contributed by atoms with Crippen LogP contribution in [0.5, 0.6) is 0 Å². The minimum absolute atomic E-state index is 0.871. The Morgan fingerprint density at radius 2 is 1.30 bits per heavy atom. The summed E-state index contributed by atoms with van der Waals surface area (Å²) in [5.41, 5.74) is 7.50. The van der Waals surface area contributed by atoms with Crippen LogP contribution in [0.4, 0.5) is 0 Å². The van der Waals surface area contributed by atoms with Gasteiger partial charge in [0.25, 0.3) is 0 Å². The Kier molecular flexibility index (Phi) is 5.78. The SMILES string of the molecule is Cc1ccc(-c2ccn3c(I)cnc3c2)nn1.Cc1ccc(-c2ccn3ccnc3c2)nn1. The van der Waals surface area contributed by atoms with Crippen molar-refractivity contribution in [2.75, 3.05) is 0 Å². The predicted molar refractivity (Wildman–Crippen MR) is 135 cm³/mol. The van der Waals surface area contributed by atoms with Crippen molar-refractivity contribution in [1.82, 2.24) is 39.2 Å². The third kappa shape index (κ3) is 4.58. The molecule has 33 heavy (non-hydrogen) atoms. The van der Waals surface area contributed by atoms with Crippen LogP contribution in [0, 0.1) is 17.5 Å². The van der Waals surface area contributed by atoms with Crippen LogP contribution in [0.1, 0.15) is 11.4 Å². The molecule has 0 aliphatic carbocycles. The van der Waals surface area contributed by atoms with E-state index in [1.54, 1.807) is 6.20 Å². The quantitative estimate of drug-likeness (QED) is 0.290. The summed E-state index contributed by atoms with van der Waals surface area (Å²) in [6.45, 7) is 3.85. The molecule has 6 heterocycles. The number of hydrogen-bond donors (Lipinski definition) is 0. The summed E-state index contributed by atoms with van der Waals surface area (Å²) in [5, 5.41) is 16.4. The van der Waals surface area contributed by atoms with Crippen LogP contribution in [0.15, 0.2) is 79.5 Å². The Bertz CT molecular complexity index is 1540. The monoisotopic (exact) mass is 546 g/mol. The van der Waals surface area contributed by atoms with E-state index in [4.69, 9.17) is 0 Å². The summed E-state index contributed by atoms with van der Waals surface area (Å²) in [7, 11) is 0. The lowest BCUT2D eigenvalue weighted by atomic mass is 10.2. The molecule has 162 valence electrons. The van der Waals surface area contributed by atoms with Gasteiger partial charge in [0.05, 0.1) is 29.0 Å². The van der Waals surface area contributed by atoms with Crippen LogP contribution in [0.3, 0.4) is 0 Å². The number of rotatable bonds is 2. The van der Waals surface area contributed by atoms with E-state index in [9.17, 15) is 0 Å². The van der Waals surface area contributed by atoms with E-state index in [-0.39, 0.29) is 0 Å². The number of halogens is 1. The van der Waals surface area contributed by atoms with Gasteiger partial charge in [0, 0.05) is 35.9 Å². The molecular formula is C24H19IN8. The smallest absolute Gasteiger partial charge is 0.138 e. The molecule has 8 nitrogen and oxygen atoms in total. The van der Waals surface area contributed by atoms with Gasteiger partial charge in [-0.2, -0.15) is 20.4 Å². The Morgan fingerprint density at radius 1 is 0.667 bits per heavy atom. The zero-order valence-electron chi connectivity index (χ0n) is 18.0. The number of fused-ring (bicyclic) bond motifs is 2. The number of imidazole rings is 2. The number of aromatic nitrogens is 8. The molecular weight excluding hydrogens is 527 g/mol. The second kappa shape index (κ2) is 9.02. The van der Waals surface area contributed by atoms with Crippen molar-refractivity contribution in [3.63, 3.8) is 0 Å². The van der Waals surface area contributed by atoms with Gasteiger partial charge in [-0.05, 0) is 85.0 Å². The minimum atomic E-state index is 0.871. The van der Waals surface area contributed by atoms with E-state index in [2.05, 4.69) is 53.0 Å². The zero-order chi connectivity index (χ0) is 22.8. The highest BCUT2D eigenvalue weighted by molar-refractivity contribution is 14.1. The molecule has 6 rings (SSSR count). The van der Waals surface area contributed by atoms with Gasteiger partial charge in [-0.15, -0.1) is 0 Å². The Labute approximate surface area is 203 Å². The fourth-order valence-corrected chi connectivity index (χ4v) is 3.83. The first kappa shape index (κ1) is 21.1. The van der Waals surface area contributed by atoms with Crippen molar-refractivity contribution < 1.29 is 0 Å². The topological polar surface area (TPSA) is 86.2 Å². The highest BCUT2D eigenvalue weighted by Crippen LogP contribution is 2.19. The summed E-state index contributed by atoms with van der Waals surface area (Å²) >= 11 is 2.26. The van der Waals surface area contributed by atoms with Gasteiger partial charge in [-0.3, -0.25) is 4.40 Å². The van der Waals surface area contributed by atoms with Crippen LogP contribution >= 0.6 is 22.6 Å². The highest BCUT2D eigenvalue weighted by Gasteiger charge is 2.05. The molecule has 0 saturated heterocycles. The van der Waals surface area contributed by atoms with E-state index < -0.39 is 0 Å². The Morgan fingerprint density at radius 3 is 1.94 bits per heavy atom. The second-order valence-corrected chi connectivity index (χ2v) is 8.56. The Balaban J connectivity index is 0.000000139. The molecule has 0 aliphatic heterocycles. The molecule has 0 unspecified atom stereocenters. The number of nitrogens with zero attached hydrogens (tertiary/aromatic N) is 8. The fourth-order valence-electron chi connectivity index (χ4n) is 3.28. The van der Waals surface area contributed by atoms with Gasteiger partial charge >= 0.3 is 0 Å². The molecule has 6 aromatic heterocycles. The predicted octanol–water partition coefficient (Wildman–Crippen LogP) is 4.80. The second-order valence-electron chi connectivity index (χ2n) is 7.45. The maximum absolute atomic E-state index is 4.33. The molecule has 6 aromatic rings. The van der Waals surface area contributed by atoms with E-state index >= 15 is 0 Å². The van der Waals surface area contributed by atoms with Crippen LogP contribution < -0.4 is 0 Å². The maximum atomic E-state index is 4.33. The van der Waals surface area contributed by atoms with Gasteiger partial charge in [-0.1, -0.05) is 0 Å². The third-order valence-electron chi connectivity index (χ3n) is 5.05. The zero-order valence-corrected chi connectivity index (χ0v) is 20.1. The molecule has 0 atom stereocenters. The van der Waals surface area contributed by atoms with E-state index in [0.717, 1.165) is 48.9 Å².